The van der Waals surface area contributed by atoms with Gasteiger partial charge in [0.2, 0.25) is 5.90 Å². The van der Waals surface area contributed by atoms with Crippen LogP contribution in [0.25, 0.3) is 0 Å². The van der Waals surface area contributed by atoms with E-state index in [0.29, 0.717) is 12.0 Å². The third kappa shape index (κ3) is 2.20. The number of hydrogen-bond donors (Lipinski definition) is 0. The minimum absolute atomic E-state index is 0.338. The van der Waals surface area contributed by atoms with E-state index in [1.807, 2.05) is 30.3 Å². The van der Waals surface area contributed by atoms with Gasteiger partial charge in [-0.15, -0.1) is 0 Å². The Hall–Kier alpha value is -1.31. The van der Waals surface area contributed by atoms with Crippen molar-refractivity contribution in [3.8, 4) is 0 Å². The molecule has 2 rings (SSSR count). The average Bonchev–Trinajstić information content (AvgIpc) is 2.78. The highest BCUT2D eigenvalue weighted by Gasteiger charge is 2.23. The number of benzene rings is 1. The smallest absolute Gasteiger partial charge is 0.216 e. The zero-order chi connectivity index (χ0) is 10.7. The van der Waals surface area contributed by atoms with E-state index in [1.165, 1.54) is 0 Å². The Morgan fingerprint density at radius 1 is 1.40 bits per heavy atom. The summed E-state index contributed by atoms with van der Waals surface area (Å²) in [6.45, 7) is 5.16. The highest BCUT2D eigenvalue weighted by Crippen LogP contribution is 2.19. The van der Waals surface area contributed by atoms with Crippen molar-refractivity contribution in [3.05, 3.63) is 35.9 Å². The number of ether oxygens (including phenoxy) is 1. The lowest BCUT2D eigenvalue weighted by Crippen LogP contribution is -2.16. The van der Waals surface area contributed by atoms with Crippen molar-refractivity contribution in [2.45, 2.75) is 26.3 Å². The molecule has 1 heterocycles. The molecule has 15 heavy (non-hydrogen) atoms. The van der Waals surface area contributed by atoms with Crippen LogP contribution in [-0.4, -0.2) is 18.5 Å². The summed E-state index contributed by atoms with van der Waals surface area (Å²) in [7, 11) is 0. The van der Waals surface area contributed by atoms with E-state index in [4.69, 9.17) is 4.74 Å². The molecule has 0 aliphatic carbocycles. The first-order valence-electron chi connectivity index (χ1n) is 5.57. The van der Waals surface area contributed by atoms with Gasteiger partial charge >= 0.3 is 0 Å². The Bertz CT molecular complexity index is 345. The number of hydrogen-bond acceptors (Lipinski definition) is 2. The molecule has 80 valence electrons. The van der Waals surface area contributed by atoms with Gasteiger partial charge in [-0.25, -0.2) is 4.99 Å². The lowest BCUT2D eigenvalue weighted by Gasteiger charge is -2.11. The molecule has 2 nitrogen and oxygen atoms in total. The van der Waals surface area contributed by atoms with Crippen molar-refractivity contribution in [1.82, 2.24) is 0 Å². The third-order valence-electron chi connectivity index (χ3n) is 3.00. The van der Waals surface area contributed by atoms with Gasteiger partial charge in [-0.1, -0.05) is 38.5 Å². The fourth-order valence-corrected chi connectivity index (χ4v) is 1.69. The maximum Gasteiger partial charge on any atom is 0.216 e. The van der Waals surface area contributed by atoms with E-state index in [2.05, 4.69) is 18.8 Å². The zero-order valence-corrected chi connectivity index (χ0v) is 9.31. The first-order valence-corrected chi connectivity index (χ1v) is 5.57. The minimum atomic E-state index is 0.338. The number of rotatable bonds is 3. The van der Waals surface area contributed by atoms with Crippen molar-refractivity contribution in [2.24, 2.45) is 10.9 Å². The van der Waals surface area contributed by atoms with Crippen LogP contribution in [0.1, 0.15) is 25.8 Å². The average molecular weight is 203 g/mol. The van der Waals surface area contributed by atoms with Crippen molar-refractivity contribution >= 4 is 5.90 Å². The Balaban J connectivity index is 2.13. The second-order valence-corrected chi connectivity index (χ2v) is 4.06. The third-order valence-corrected chi connectivity index (χ3v) is 3.00. The van der Waals surface area contributed by atoms with Crippen LogP contribution < -0.4 is 0 Å². The van der Waals surface area contributed by atoms with Crippen molar-refractivity contribution in [1.29, 1.82) is 0 Å². The fraction of sp³-hybridized carbons (Fsp3) is 0.462. The fourth-order valence-electron chi connectivity index (χ4n) is 1.69. The first-order chi connectivity index (χ1) is 7.31. The standard InChI is InChI=1S/C13H17NO/c1-3-10(2)12-9-15-13(14-12)11-7-5-4-6-8-11/h4-8,10,12H,3,9H2,1-2H3/t10-,12+/m0/s1. The first kappa shape index (κ1) is 10.2. The van der Waals surface area contributed by atoms with Crippen LogP contribution in [0.2, 0.25) is 0 Å². The van der Waals surface area contributed by atoms with E-state index in [1.54, 1.807) is 0 Å². The molecule has 2 atom stereocenters. The molecule has 0 N–H and O–H groups in total. The van der Waals surface area contributed by atoms with E-state index in [-0.39, 0.29) is 0 Å². The molecule has 0 saturated heterocycles. The van der Waals surface area contributed by atoms with Crippen LogP contribution in [0, 0.1) is 5.92 Å². The summed E-state index contributed by atoms with van der Waals surface area (Å²) in [6.07, 6.45) is 1.15. The highest BCUT2D eigenvalue weighted by atomic mass is 16.5. The SMILES string of the molecule is CC[C@H](C)[C@H]1COC(c2ccccc2)=N1. The molecule has 0 radical (unpaired) electrons. The summed E-state index contributed by atoms with van der Waals surface area (Å²) in [5, 5.41) is 0. The Morgan fingerprint density at radius 2 is 2.13 bits per heavy atom. The maximum absolute atomic E-state index is 5.62. The normalized spacial score (nSPS) is 22.0. The van der Waals surface area contributed by atoms with Gasteiger partial charge in [-0.3, -0.25) is 0 Å². The van der Waals surface area contributed by atoms with Gasteiger partial charge in [0.15, 0.2) is 0 Å². The lowest BCUT2D eigenvalue weighted by atomic mass is 10.0. The van der Waals surface area contributed by atoms with E-state index in [9.17, 15) is 0 Å². The molecule has 1 aliphatic heterocycles. The highest BCUT2D eigenvalue weighted by molar-refractivity contribution is 5.95. The predicted molar refractivity (Wildman–Crippen MR) is 62.2 cm³/mol. The van der Waals surface area contributed by atoms with Crippen LogP contribution in [0.5, 0.6) is 0 Å². The monoisotopic (exact) mass is 203 g/mol. The number of nitrogens with zero attached hydrogens (tertiary/aromatic N) is 1. The van der Waals surface area contributed by atoms with Crippen LogP contribution in [0.15, 0.2) is 35.3 Å². The maximum atomic E-state index is 5.62. The van der Waals surface area contributed by atoms with Crippen molar-refractivity contribution in [3.63, 3.8) is 0 Å². The topological polar surface area (TPSA) is 21.6 Å². The van der Waals surface area contributed by atoms with Crippen molar-refractivity contribution in [2.75, 3.05) is 6.61 Å². The Labute approximate surface area is 91.0 Å². The molecule has 0 fully saturated rings. The van der Waals surface area contributed by atoms with E-state index >= 15 is 0 Å². The zero-order valence-electron chi connectivity index (χ0n) is 9.31. The molecule has 0 spiro atoms. The van der Waals surface area contributed by atoms with E-state index < -0.39 is 0 Å². The minimum Gasteiger partial charge on any atom is -0.475 e. The van der Waals surface area contributed by atoms with Crippen LogP contribution in [-0.2, 0) is 4.74 Å². The Morgan fingerprint density at radius 3 is 2.80 bits per heavy atom. The molecule has 1 aromatic carbocycles. The summed E-state index contributed by atoms with van der Waals surface area (Å²) >= 11 is 0. The van der Waals surface area contributed by atoms with Crippen molar-refractivity contribution < 1.29 is 4.74 Å². The lowest BCUT2D eigenvalue weighted by molar-refractivity contribution is 0.282. The molecule has 0 amide bonds. The van der Waals surface area contributed by atoms with Gasteiger partial charge in [-0.05, 0) is 18.1 Å². The summed E-state index contributed by atoms with van der Waals surface area (Å²) in [4.78, 5) is 4.62. The quantitative estimate of drug-likeness (QED) is 0.740. The second-order valence-electron chi connectivity index (χ2n) is 4.06. The molecule has 1 aliphatic rings. The van der Waals surface area contributed by atoms with Crippen LogP contribution in [0.3, 0.4) is 0 Å². The summed E-state index contributed by atoms with van der Waals surface area (Å²) in [6, 6.07) is 10.4. The summed E-state index contributed by atoms with van der Waals surface area (Å²) in [5.41, 5.74) is 1.09. The van der Waals surface area contributed by atoms with Gasteiger partial charge < -0.3 is 4.74 Å². The van der Waals surface area contributed by atoms with Gasteiger partial charge in [0.05, 0.1) is 6.04 Å². The van der Waals surface area contributed by atoms with Gasteiger partial charge in [-0.2, -0.15) is 0 Å². The van der Waals surface area contributed by atoms with Crippen LogP contribution in [0.4, 0.5) is 0 Å². The van der Waals surface area contributed by atoms with Gasteiger partial charge in [0.1, 0.15) is 6.61 Å². The summed E-state index contributed by atoms with van der Waals surface area (Å²) < 4.78 is 5.62. The van der Waals surface area contributed by atoms with E-state index in [0.717, 1.165) is 24.5 Å². The second kappa shape index (κ2) is 4.47. The Kier molecular flexibility index (Phi) is 3.05. The molecular formula is C13H17NO. The number of aliphatic imine (C=N–C) groups is 1. The molecule has 0 bridgehead atoms. The van der Waals surface area contributed by atoms with Gasteiger partial charge in [0.25, 0.3) is 0 Å². The summed E-state index contributed by atoms with van der Waals surface area (Å²) in [5.74, 6) is 1.41. The molecule has 0 aromatic heterocycles. The predicted octanol–water partition coefficient (Wildman–Crippen LogP) is 2.88. The molecule has 0 saturated carbocycles. The molecule has 2 heteroatoms. The largest absolute Gasteiger partial charge is 0.475 e. The van der Waals surface area contributed by atoms with Gasteiger partial charge in [0, 0.05) is 5.56 Å². The molecule has 0 unspecified atom stereocenters. The molecular weight excluding hydrogens is 186 g/mol. The van der Waals surface area contributed by atoms with Crippen LogP contribution >= 0.6 is 0 Å². The molecule has 1 aromatic rings.